The molecule has 0 saturated carbocycles. The lowest BCUT2D eigenvalue weighted by Gasteiger charge is -2.42. The maximum absolute atomic E-state index is 10.0. The molecule has 0 aromatic heterocycles. The van der Waals surface area contributed by atoms with Gasteiger partial charge in [0.25, 0.3) is 0 Å². The number of benzene rings is 1. The van der Waals surface area contributed by atoms with Crippen LogP contribution in [0.25, 0.3) is 0 Å². The summed E-state index contributed by atoms with van der Waals surface area (Å²) in [6, 6.07) is 8.13. The summed E-state index contributed by atoms with van der Waals surface area (Å²) in [5.41, 5.74) is 1.48. The summed E-state index contributed by atoms with van der Waals surface area (Å²) in [4.78, 5) is 2.54. The van der Waals surface area contributed by atoms with Crippen LogP contribution < -0.4 is 0 Å². The van der Waals surface area contributed by atoms with Crippen LogP contribution in [0.4, 0.5) is 0 Å². The first-order chi connectivity index (χ1) is 8.53. The molecule has 2 nitrogen and oxygen atoms in total. The normalized spacial score (nSPS) is 21.7. The Balaban J connectivity index is 2.21. The van der Waals surface area contributed by atoms with Crippen molar-refractivity contribution in [2.75, 3.05) is 13.1 Å². The minimum atomic E-state index is 0.353. The van der Waals surface area contributed by atoms with E-state index in [2.05, 4.69) is 31.7 Å². The highest BCUT2D eigenvalue weighted by molar-refractivity contribution is 5.34. The topological polar surface area (TPSA) is 23.5 Å². The van der Waals surface area contributed by atoms with Gasteiger partial charge in [-0.2, -0.15) is 0 Å². The minimum absolute atomic E-state index is 0.353. The third-order valence-corrected chi connectivity index (χ3v) is 4.05. The molecular weight excluding hydrogens is 222 g/mol. The minimum Gasteiger partial charge on any atom is -0.508 e. The van der Waals surface area contributed by atoms with Crippen molar-refractivity contribution in [3.63, 3.8) is 0 Å². The number of hydrogen-bond donors (Lipinski definition) is 1. The number of rotatable bonds is 3. The highest BCUT2D eigenvalue weighted by atomic mass is 16.3. The number of piperidine rings is 1. The lowest BCUT2D eigenvalue weighted by molar-refractivity contribution is 0.0748. The van der Waals surface area contributed by atoms with Crippen LogP contribution in [0.5, 0.6) is 5.75 Å². The Morgan fingerprint density at radius 2 is 2.06 bits per heavy atom. The summed E-state index contributed by atoms with van der Waals surface area (Å²) in [5.74, 6) is 0.438. The van der Waals surface area contributed by atoms with E-state index in [9.17, 15) is 5.11 Å². The molecule has 18 heavy (non-hydrogen) atoms. The van der Waals surface area contributed by atoms with Gasteiger partial charge in [0.1, 0.15) is 5.75 Å². The number of hydrogen-bond acceptors (Lipinski definition) is 2. The molecule has 2 rings (SSSR count). The van der Waals surface area contributed by atoms with Crippen LogP contribution >= 0.6 is 0 Å². The molecule has 0 amide bonds. The van der Waals surface area contributed by atoms with Crippen molar-refractivity contribution in [3.05, 3.63) is 29.8 Å². The molecular formula is C16H25NO. The first kappa shape index (κ1) is 13.4. The fraction of sp³-hybridized carbons (Fsp3) is 0.625. The van der Waals surface area contributed by atoms with E-state index in [-0.39, 0.29) is 0 Å². The molecule has 1 aliphatic rings. The van der Waals surface area contributed by atoms with E-state index < -0.39 is 0 Å². The predicted molar refractivity (Wildman–Crippen MR) is 75.7 cm³/mol. The van der Waals surface area contributed by atoms with Gasteiger partial charge in [-0.15, -0.1) is 0 Å². The first-order valence-electron chi connectivity index (χ1n) is 7.05. The lowest BCUT2D eigenvalue weighted by atomic mass is 9.83. The molecule has 2 heteroatoms. The summed E-state index contributed by atoms with van der Waals surface area (Å²) in [6.07, 6.45) is 3.62. The number of para-hydroxylation sites is 1. The van der Waals surface area contributed by atoms with Crippen molar-refractivity contribution in [1.29, 1.82) is 0 Å². The summed E-state index contributed by atoms with van der Waals surface area (Å²) < 4.78 is 0. The first-order valence-corrected chi connectivity index (χ1v) is 7.05. The van der Waals surface area contributed by atoms with Crippen LogP contribution in [-0.4, -0.2) is 23.1 Å². The smallest absolute Gasteiger partial charge is 0.120 e. The standard InChI is InChI=1S/C16H25NO/c1-4-14(13-8-5-6-9-15(13)18)17-11-7-10-16(2,3)12-17/h5-6,8-9,14,18H,4,7,10-12H2,1-3H3. The van der Waals surface area contributed by atoms with Gasteiger partial charge >= 0.3 is 0 Å². The molecule has 1 unspecified atom stereocenters. The molecule has 1 atom stereocenters. The summed E-state index contributed by atoms with van der Waals surface area (Å²) in [7, 11) is 0. The lowest BCUT2D eigenvalue weighted by Crippen LogP contribution is -2.42. The molecule has 0 aliphatic carbocycles. The highest BCUT2D eigenvalue weighted by Crippen LogP contribution is 2.37. The SMILES string of the molecule is CCC(c1ccccc1O)N1CCCC(C)(C)C1. The van der Waals surface area contributed by atoms with E-state index in [1.165, 1.54) is 12.8 Å². The number of aromatic hydroxyl groups is 1. The van der Waals surface area contributed by atoms with Crippen molar-refractivity contribution in [1.82, 2.24) is 4.90 Å². The number of phenolic OH excluding ortho intramolecular Hbond substituents is 1. The maximum Gasteiger partial charge on any atom is 0.120 e. The molecule has 1 heterocycles. The molecule has 0 bridgehead atoms. The maximum atomic E-state index is 10.0. The zero-order valence-electron chi connectivity index (χ0n) is 11.8. The van der Waals surface area contributed by atoms with Crippen LogP contribution in [0, 0.1) is 5.41 Å². The van der Waals surface area contributed by atoms with Gasteiger partial charge < -0.3 is 5.11 Å². The Morgan fingerprint density at radius 3 is 2.67 bits per heavy atom. The average molecular weight is 247 g/mol. The van der Waals surface area contributed by atoms with Crippen molar-refractivity contribution in [2.45, 2.75) is 46.1 Å². The van der Waals surface area contributed by atoms with Gasteiger partial charge in [-0.05, 0) is 37.3 Å². The zero-order valence-corrected chi connectivity index (χ0v) is 11.8. The summed E-state index contributed by atoms with van der Waals surface area (Å²) in [5, 5.41) is 10.0. The Kier molecular flexibility index (Phi) is 3.96. The van der Waals surface area contributed by atoms with Crippen molar-refractivity contribution in [2.24, 2.45) is 5.41 Å². The van der Waals surface area contributed by atoms with E-state index in [1.807, 2.05) is 12.1 Å². The van der Waals surface area contributed by atoms with Gasteiger partial charge in [0.15, 0.2) is 0 Å². The fourth-order valence-electron chi connectivity index (χ4n) is 3.18. The van der Waals surface area contributed by atoms with Crippen molar-refractivity contribution < 1.29 is 5.11 Å². The van der Waals surface area contributed by atoms with Gasteiger partial charge in [-0.25, -0.2) is 0 Å². The van der Waals surface area contributed by atoms with Gasteiger partial charge in [0.05, 0.1) is 0 Å². The van der Waals surface area contributed by atoms with E-state index in [4.69, 9.17) is 0 Å². The van der Waals surface area contributed by atoms with Crippen LogP contribution in [0.1, 0.15) is 51.6 Å². The summed E-state index contributed by atoms with van der Waals surface area (Å²) in [6.45, 7) is 9.17. The molecule has 1 aromatic rings. The van der Waals surface area contributed by atoms with Gasteiger partial charge in [0.2, 0.25) is 0 Å². The Bertz CT molecular complexity index is 400. The van der Waals surface area contributed by atoms with Crippen LogP contribution in [0.3, 0.4) is 0 Å². The monoisotopic (exact) mass is 247 g/mol. The van der Waals surface area contributed by atoms with E-state index >= 15 is 0 Å². The molecule has 0 radical (unpaired) electrons. The summed E-state index contributed by atoms with van der Waals surface area (Å²) >= 11 is 0. The molecule has 1 aromatic carbocycles. The Hall–Kier alpha value is -1.02. The van der Waals surface area contributed by atoms with Crippen LogP contribution in [-0.2, 0) is 0 Å². The van der Waals surface area contributed by atoms with Gasteiger partial charge in [0, 0.05) is 18.2 Å². The van der Waals surface area contributed by atoms with Gasteiger partial charge in [-0.3, -0.25) is 4.90 Å². The number of likely N-dealkylation sites (tertiary alicyclic amines) is 1. The molecule has 0 spiro atoms. The second-order valence-electron chi connectivity index (χ2n) is 6.22. The second-order valence-corrected chi connectivity index (χ2v) is 6.22. The van der Waals surface area contributed by atoms with Crippen molar-refractivity contribution >= 4 is 0 Å². The van der Waals surface area contributed by atoms with E-state index in [0.29, 0.717) is 17.2 Å². The van der Waals surface area contributed by atoms with E-state index in [1.54, 1.807) is 6.07 Å². The molecule has 1 aliphatic heterocycles. The van der Waals surface area contributed by atoms with Crippen molar-refractivity contribution in [3.8, 4) is 5.75 Å². The quantitative estimate of drug-likeness (QED) is 0.873. The third kappa shape index (κ3) is 2.86. The number of phenols is 1. The Morgan fingerprint density at radius 1 is 1.33 bits per heavy atom. The number of nitrogens with zero attached hydrogens (tertiary/aromatic N) is 1. The highest BCUT2D eigenvalue weighted by Gasteiger charge is 2.31. The average Bonchev–Trinajstić information content (AvgIpc) is 2.31. The molecule has 1 fully saturated rings. The third-order valence-electron chi connectivity index (χ3n) is 4.05. The largest absolute Gasteiger partial charge is 0.508 e. The Labute approximate surface area is 111 Å². The molecule has 1 N–H and O–H groups in total. The van der Waals surface area contributed by atoms with Gasteiger partial charge in [-0.1, -0.05) is 39.0 Å². The van der Waals surface area contributed by atoms with Crippen LogP contribution in [0.2, 0.25) is 0 Å². The predicted octanol–water partition coefficient (Wildman–Crippen LogP) is 3.97. The molecule has 100 valence electrons. The molecule has 1 saturated heterocycles. The second kappa shape index (κ2) is 5.31. The van der Waals surface area contributed by atoms with Crippen LogP contribution in [0.15, 0.2) is 24.3 Å². The fourth-order valence-corrected chi connectivity index (χ4v) is 3.18. The zero-order chi connectivity index (χ0) is 13.2. The van der Waals surface area contributed by atoms with E-state index in [0.717, 1.165) is 25.1 Å².